The molecule has 9 nitrogen and oxygen atoms in total. The Bertz CT molecular complexity index is 1270. The van der Waals surface area contributed by atoms with Crippen molar-refractivity contribution in [2.75, 3.05) is 29.0 Å². The topological polar surface area (TPSA) is 126 Å². The number of likely N-dealkylation sites (N-methyl/N-ethyl adjacent to an activating group) is 1. The van der Waals surface area contributed by atoms with E-state index in [1.54, 1.807) is 12.3 Å². The van der Waals surface area contributed by atoms with E-state index in [1.165, 1.54) is 15.5 Å². The molecule has 2 heterocycles. The molecule has 1 aromatic carbocycles. The molecule has 3 rings (SSSR count). The van der Waals surface area contributed by atoms with Gasteiger partial charge in [0.05, 0.1) is 12.2 Å². The van der Waals surface area contributed by atoms with E-state index in [4.69, 9.17) is 5.73 Å². The molecule has 12 heteroatoms. The van der Waals surface area contributed by atoms with Crippen molar-refractivity contribution >= 4 is 33.9 Å². The van der Waals surface area contributed by atoms with E-state index < -0.39 is 28.8 Å². The predicted octanol–water partition coefficient (Wildman–Crippen LogP) is 2.79. The zero-order chi connectivity index (χ0) is 24.1. The zero-order valence-corrected chi connectivity index (χ0v) is 19.0. The maximum atomic E-state index is 13.5. The van der Waals surface area contributed by atoms with Crippen LogP contribution in [-0.2, 0) is 11.3 Å². The number of hydrogen-bond donors (Lipinski definition) is 3. The first-order chi connectivity index (χ1) is 15.7. The van der Waals surface area contributed by atoms with Crippen LogP contribution in [-0.4, -0.2) is 33.5 Å². The van der Waals surface area contributed by atoms with E-state index in [0.29, 0.717) is 24.2 Å². The van der Waals surface area contributed by atoms with Gasteiger partial charge in [-0.3, -0.25) is 19.1 Å². The lowest BCUT2D eigenvalue weighted by Crippen LogP contribution is -2.41. The van der Waals surface area contributed by atoms with Gasteiger partial charge < -0.3 is 16.0 Å². The molecule has 0 radical (unpaired) electrons. The summed E-state index contributed by atoms with van der Waals surface area (Å²) < 4.78 is 27.9. The number of anilines is 3. The highest BCUT2D eigenvalue weighted by Crippen LogP contribution is 2.26. The smallest absolute Gasteiger partial charge is 0.330 e. The van der Waals surface area contributed by atoms with Crippen LogP contribution in [0.4, 0.5) is 25.4 Å². The number of nitrogens with zero attached hydrogens (tertiary/aromatic N) is 3. The quantitative estimate of drug-likeness (QED) is 0.434. The number of aromatic amines is 1. The molecule has 176 valence electrons. The fraction of sp³-hybridized carbons (Fsp3) is 0.333. The number of unbranched alkanes of at least 4 members (excludes halogenated alkanes) is 1. The maximum Gasteiger partial charge on any atom is 0.330 e. The molecule has 1 amide bonds. The molecule has 3 aromatic rings. The number of nitrogens with two attached hydrogens (primary N) is 1. The van der Waals surface area contributed by atoms with Crippen molar-refractivity contribution in [2.24, 2.45) is 0 Å². The van der Waals surface area contributed by atoms with Gasteiger partial charge in [-0.2, -0.15) is 0 Å². The summed E-state index contributed by atoms with van der Waals surface area (Å²) in [5.41, 5.74) is 5.65. The number of amides is 1. The van der Waals surface area contributed by atoms with Gasteiger partial charge in [-0.25, -0.2) is 18.6 Å². The average molecular weight is 479 g/mol. The number of aromatic nitrogens is 3. The minimum atomic E-state index is -0.993. The number of hydrogen-bond acceptors (Lipinski definition) is 7. The summed E-state index contributed by atoms with van der Waals surface area (Å²) in [4.78, 5) is 45.2. The Kier molecular flexibility index (Phi) is 7.59. The summed E-state index contributed by atoms with van der Waals surface area (Å²) in [6, 6.07) is 3.42. The third-order valence-corrected chi connectivity index (χ3v) is 5.71. The van der Waals surface area contributed by atoms with Gasteiger partial charge in [-0.1, -0.05) is 13.3 Å². The summed E-state index contributed by atoms with van der Waals surface area (Å²) in [5.74, 6) is -2.42. The van der Waals surface area contributed by atoms with Crippen LogP contribution in [0.5, 0.6) is 0 Å². The monoisotopic (exact) mass is 478 g/mol. The Hall–Kier alpha value is -3.54. The van der Waals surface area contributed by atoms with E-state index in [2.05, 4.69) is 15.3 Å². The Balaban J connectivity index is 1.77. The standard InChI is InChI=1S/C21H24F2N6O3S/c1-3-5-8-29-18(24)17(19(31)27-21(29)32)28(4-2)10-16(30)26-20-25-15(11-33-20)12-6-7-13(22)14(23)9-12/h6-7,9,11H,3-5,8,10,24H2,1-2H3,(H,25,26,30)(H,27,31,32). The molecule has 0 fully saturated rings. The van der Waals surface area contributed by atoms with Crippen LogP contribution < -0.4 is 27.2 Å². The number of nitrogen functional groups attached to an aromatic ring is 1. The number of rotatable bonds is 9. The van der Waals surface area contributed by atoms with Crippen LogP contribution in [0.1, 0.15) is 26.7 Å². The lowest BCUT2D eigenvalue weighted by molar-refractivity contribution is -0.115. The summed E-state index contributed by atoms with van der Waals surface area (Å²) in [5, 5.41) is 4.49. The molecule has 0 atom stereocenters. The largest absolute Gasteiger partial charge is 0.383 e. The molecule has 0 saturated heterocycles. The maximum absolute atomic E-state index is 13.5. The van der Waals surface area contributed by atoms with Gasteiger partial charge in [0.1, 0.15) is 11.5 Å². The summed E-state index contributed by atoms with van der Waals surface area (Å²) in [6.07, 6.45) is 1.53. The first kappa shape index (κ1) is 24.1. The minimum absolute atomic E-state index is 0.00159. The fourth-order valence-electron chi connectivity index (χ4n) is 3.22. The van der Waals surface area contributed by atoms with Crippen molar-refractivity contribution in [1.82, 2.24) is 14.5 Å². The number of thiazole rings is 1. The Morgan fingerprint density at radius 3 is 2.70 bits per heavy atom. The van der Waals surface area contributed by atoms with Gasteiger partial charge in [-0.05, 0) is 31.5 Å². The number of halogens is 2. The second-order valence-corrected chi connectivity index (χ2v) is 8.09. The molecular weight excluding hydrogens is 454 g/mol. The van der Waals surface area contributed by atoms with Crippen LogP contribution in [0.15, 0.2) is 33.2 Å². The normalized spacial score (nSPS) is 10.9. The summed E-state index contributed by atoms with van der Waals surface area (Å²) >= 11 is 1.12. The summed E-state index contributed by atoms with van der Waals surface area (Å²) in [7, 11) is 0. The number of benzene rings is 1. The minimum Gasteiger partial charge on any atom is -0.383 e. The Morgan fingerprint density at radius 2 is 2.03 bits per heavy atom. The first-order valence-corrected chi connectivity index (χ1v) is 11.2. The molecule has 0 saturated carbocycles. The average Bonchev–Trinajstić information content (AvgIpc) is 3.22. The van der Waals surface area contributed by atoms with Crippen LogP contribution in [0.2, 0.25) is 0 Å². The van der Waals surface area contributed by atoms with Crippen LogP contribution in [0.25, 0.3) is 11.3 Å². The third kappa shape index (κ3) is 5.45. The van der Waals surface area contributed by atoms with Gasteiger partial charge in [0.15, 0.2) is 16.8 Å². The van der Waals surface area contributed by atoms with E-state index in [-0.39, 0.29) is 29.7 Å². The molecule has 2 aromatic heterocycles. The third-order valence-electron chi connectivity index (χ3n) is 4.95. The van der Waals surface area contributed by atoms with Gasteiger partial charge in [-0.15, -0.1) is 11.3 Å². The highest BCUT2D eigenvalue weighted by Gasteiger charge is 2.20. The number of carbonyl (C=O) groups excluding carboxylic acids is 1. The fourth-order valence-corrected chi connectivity index (χ4v) is 3.96. The predicted molar refractivity (Wildman–Crippen MR) is 125 cm³/mol. The van der Waals surface area contributed by atoms with Gasteiger partial charge in [0.2, 0.25) is 5.91 Å². The molecule has 0 unspecified atom stereocenters. The molecule has 0 aliphatic heterocycles. The van der Waals surface area contributed by atoms with Crippen molar-refractivity contribution in [1.29, 1.82) is 0 Å². The van der Waals surface area contributed by atoms with E-state index in [0.717, 1.165) is 29.9 Å². The lowest BCUT2D eigenvalue weighted by Gasteiger charge is -2.24. The molecule has 0 aliphatic carbocycles. The Labute approximate surface area is 191 Å². The second kappa shape index (κ2) is 10.4. The van der Waals surface area contributed by atoms with Crippen LogP contribution in [0, 0.1) is 11.6 Å². The van der Waals surface area contributed by atoms with Gasteiger partial charge in [0.25, 0.3) is 5.56 Å². The van der Waals surface area contributed by atoms with Gasteiger partial charge >= 0.3 is 5.69 Å². The van der Waals surface area contributed by atoms with E-state index in [9.17, 15) is 23.2 Å². The van der Waals surface area contributed by atoms with Crippen molar-refractivity contribution in [2.45, 2.75) is 33.2 Å². The van der Waals surface area contributed by atoms with E-state index >= 15 is 0 Å². The molecular formula is C21H24F2N6O3S. The van der Waals surface area contributed by atoms with Crippen molar-refractivity contribution in [3.63, 3.8) is 0 Å². The summed E-state index contributed by atoms with van der Waals surface area (Å²) in [6.45, 7) is 4.13. The van der Waals surface area contributed by atoms with Gasteiger partial charge in [0, 0.05) is 24.0 Å². The number of H-pyrrole nitrogens is 1. The number of nitrogens with one attached hydrogen (secondary N) is 2. The second-order valence-electron chi connectivity index (χ2n) is 7.23. The Morgan fingerprint density at radius 1 is 1.27 bits per heavy atom. The van der Waals surface area contributed by atoms with Crippen LogP contribution >= 0.6 is 11.3 Å². The van der Waals surface area contributed by atoms with Crippen molar-refractivity contribution < 1.29 is 13.6 Å². The number of carbonyl (C=O) groups is 1. The molecule has 0 spiro atoms. The molecule has 4 N–H and O–H groups in total. The van der Waals surface area contributed by atoms with Crippen LogP contribution in [0.3, 0.4) is 0 Å². The first-order valence-electron chi connectivity index (χ1n) is 10.3. The van der Waals surface area contributed by atoms with Crippen molar-refractivity contribution in [3.05, 3.63) is 56.1 Å². The SMILES string of the molecule is CCCCn1c(N)c(N(CC)CC(=O)Nc2nc(-c3ccc(F)c(F)c3)cs2)c(=O)[nH]c1=O. The molecule has 0 bridgehead atoms. The van der Waals surface area contributed by atoms with Crippen molar-refractivity contribution in [3.8, 4) is 11.3 Å². The van der Waals surface area contributed by atoms with E-state index in [1.807, 2.05) is 6.92 Å². The highest BCUT2D eigenvalue weighted by molar-refractivity contribution is 7.14. The highest BCUT2D eigenvalue weighted by atomic mass is 32.1. The molecule has 0 aliphatic rings. The molecule has 33 heavy (non-hydrogen) atoms. The lowest BCUT2D eigenvalue weighted by atomic mass is 10.2. The zero-order valence-electron chi connectivity index (χ0n) is 18.2.